The number of carbonyl (C=O) groups excluding carboxylic acids is 1. The molecule has 0 aromatic heterocycles. The van der Waals surface area contributed by atoms with Gasteiger partial charge in [0.05, 0.1) is 0 Å². The quantitative estimate of drug-likeness (QED) is 0.0806. The molecule has 0 heterocycles. The maximum Gasteiger partial charge on any atom is 0.306 e. The van der Waals surface area contributed by atoms with E-state index in [1.165, 1.54) is 38.5 Å². The summed E-state index contributed by atoms with van der Waals surface area (Å²) >= 11 is 0. The summed E-state index contributed by atoms with van der Waals surface area (Å²) in [6, 6.07) is 0. The highest BCUT2D eigenvalue weighted by Gasteiger charge is 2.13. The lowest BCUT2D eigenvalue weighted by Gasteiger charge is -2.18. The van der Waals surface area contributed by atoms with E-state index in [1.54, 1.807) is 0 Å². The molecule has 34 heavy (non-hydrogen) atoms. The summed E-state index contributed by atoms with van der Waals surface area (Å²) in [5, 5.41) is 8.71. The minimum atomic E-state index is -0.710. The van der Waals surface area contributed by atoms with E-state index in [-0.39, 0.29) is 18.5 Å². The summed E-state index contributed by atoms with van der Waals surface area (Å²) in [6.45, 7) is 4.39. The molecule has 0 rings (SSSR count). The topological polar surface area (TPSA) is 63.6 Å². The number of ether oxygens (including phenoxy) is 1. The van der Waals surface area contributed by atoms with Crippen molar-refractivity contribution >= 4 is 11.9 Å². The number of carboxylic acids is 1. The normalized spacial score (nSPS) is 12.5. The third kappa shape index (κ3) is 25.1. The van der Waals surface area contributed by atoms with Crippen LogP contribution in [0.25, 0.3) is 0 Å². The van der Waals surface area contributed by atoms with Crippen molar-refractivity contribution in [2.75, 3.05) is 0 Å². The van der Waals surface area contributed by atoms with Crippen molar-refractivity contribution in [3.05, 3.63) is 24.3 Å². The molecule has 0 aliphatic carbocycles. The zero-order valence-corrected chi connectivity index (χ0v) is 22.4. The van der Waals surface area contributed by atoms with Gasteiger partial charge in [0.15, 0.2) is 0 Å². The van der Waals surface area contributed by atoms with E-state index >= 15 is 0 Å². The van der Waals surface area contributed by atoms with Crippen LogP contribution in [0, 0.1) is 0 Å². The molecule has 0 saturated heterocycles. The van der Waals surface area contributed by atoms with E-state index in [0.29, 0.717) is 6.42 Å². The monoisotopic (exact) mass is 478 g/mol. The first kappa shape index (κ1) is 32.4. The van der Waals surface area contributed by atoms with Crippen LogP contribution in [0.3, 0.4) is 0 Å². The SMILES string of the molecule is CCCCCCC/C=C\C/C=C\CCCC(CCCCCCCC(=O)O)OC(=O)CCCCC. The van der Waals surface area contributed by atoms with E-state index in [9.17, 15) is 9.59 Å². The molecule has 0 radical (unpaired) electrons. The van der Waals surface area contributed by atoms with Crippen LogP contribution in [-0.4, -0.2) is 23.1 Å². The molecule has 1 atom stereocenters. The average molecular weight is 479 g/mol. The molecule has 1 unspecified atom stereocenters. The maximum atomic E-state index is 12.2. The van der Waals surface area contributed by atoms with Crippen molar-refractivity contribution in [2.45, 2.75) is 155 Å². The summed E-state index contributed by atoms with van der Waals surface area (Å²) < 4.78 is 5.81. The number of esters is 1. The predicted octanol–water partition coefficient (Wildman–Crippen LogP) is 9.33. The van der Waals surface area contributed by atoms with Crippen LogP contribution in [0.2, 0.25) is 0 Å². The predicted molar refractivity (Wildman–Crippen MR) is 144 cm³/mol. The number of hydrogen-bond acceptors (Lipinski definition) is 3. The van der Waals surface area contributed by atoms with Crippen LogP contribution in [0.4, 0.5) is 0 Å². The Kier molecular flexibility index (Phi) is 24.8. The van der Waals surface area contributed by atoms with Gasteiger partial charge in [-0.1, -0.05) is 95.9 Å². The first-order valence-corrected chi connectivity index (χ1v) is 14.3. The lowest BCUT2D eigenvalue weighted by molar-refractivity contribution is -0.150. The Labute approximate surface area is 210 Å². The van der Waals surface area contributed by atoms with Crippen molar-refractivity contribution < 1.29 is 19.4 Å². The largest absolute Gasteiger partial charge is 0.481 e. The van der Waals surface area contributed by atoms with E-state index < -0.39 is 5.97 Å². The Balaban J connectivity index is 4.07. The highest BCUT2D eigenvalue weighted by molar-refractivity contribution is 5.69. The molecule has 0 aromatic carbocycles. The third-order valence-corrected chi connectivity index (χ3v) is 6.18. The average Bonchev–Trinajstić information content (AvgIpc) is 2.81. The van der Waals surface area contributed by atoms with Gasteiger partial charge in [0.2, 0.25) is 0 Å². The molecule has 0 bridgehead atoms. The van der Waals surface area contributed by atoms with Gasteiger partial charge in [0.1, 0.15) is 6.10 Å². The van der Waals surface area contributed by atoms with Gasteiger partial charge in [-0.15, -0.1) is 0 Å². The number of aliphatic carboxylic acids is 1. The molecule has 0 fully saturated rings. The van der Waals surface area contributed by atoms with Crippen LogP contribution in [0.15, 0.2) is 24.3 Å². The molecular weight excluding hydrogens is 424 g/mol. The maximum absolute atomic E-state index is 12.2. The van der Waals surface area contributed by atoms with E-state index in [2.05, 4.69) is 38.2 Å². The van der Waals surface area contributed by atoms with Gasteiger partial charge in [-0.05, 0) is 64.2 Å². The van der Waals surface area contributed by atoms with Crippen LogP contribution >= 0.6 is 0 Å². The molecule has 0 aliphatic heterocycles. The van der Waals surface area contributed by atoms with Crippen molar-refractivity contribution in [1.29, 1.82) is 0 Å². The molecule has 1 N–H and O–H groups in total. The van der Waals surface area contributed by atoms with Crippen molar-refractivity contribution in [3.8, 4) is 0 Å². The molecule has 0 spiro atoms. The van der Waals surface area contributed by atoms with Crippen molar-refractivity contribution in [3.63, 3.8) is 0 Å². The summed E-state index contributed by atoms with van der Waals surface area (Å²) in [7, 11) is 0. The van der Waals surface area contributed by atoms with Gasteiger partial charge < -0.3 is 9.84 Å². The lowest BCUT2D eigenvalue weighted by Crippen LogP contribution is -2.18. The van der Waals surface area contributed by atoms with Crippen molar-refractivity contribution in [1.82, 2.24) is 0 Å². The Bertz CT molecular complexity index is 524. The Morgan fingerprint density at radius 1 is 0.647 bits per heavy atom. The van der Waals surface area contributed by atoms with Gasteiger partial charge in [-0.3, -0.25) is 9.59 Å². The Morgan fingerprint density at radius 2 is 1.18 bits per heavy atom. The number of unbranched alkanes of at least 4 members (excludes halogenated alkanes) is 12. The molecule has 0 amide bonds. The van der Waals surface area contributed by atoms with Gasteiger partial charge in [-0.25, -0.2) is 0 Å². The van der Waals surface area contributed by atoms with E-state index in [0.717, 1.165) is 83.5 Å². The lowest BCUT2D eigenvalue weighted by atomic mass is 10.0. The fourth-order valence-electron chi connectivity index (χ4n) is 4.04. The van der Waals surface area contributed by atoms with Gasteiger partial charge in [0.25, 0.3) is 0 Å². The zero-order chi connectivity index (χ0) is 25.1. The molecule has 4 nitrogen and oxygen atoms in total. The molecule has 0 aliphatic rings. The highest BCUT2D eigenvalue weighted by atomic mass is 16.5. The van der Waals surface area contributed by atoms with Gasteiger partial charge >= 0.3 is 11.9 Å². The minimum absolute atomic E-state index is 0.0224. The van der Waals surface area contributed by atoms with Crippen LogP contribution < -0.4 is 0 Å². The number of rotatable bonds is 25. The molecule has 0 saturated carbocycles. The van der Waals surface area contributed by atoms with Gasteiger partial charge in [0, 0.05) is 12.8 Å². The smallest absolute Gasteiger partial charge is 0.306 e. The Hall–Kier alpha value is -1.58. The van der Waals surface area contributed by atoms with Crippen LogP contribution in [-0.2, 0) is 14.3 Å². The number of carboxylic acid groups (broad SMARTS) is 1. The molecule has 0 aromatic rings. The fourth-order valence-corrected chi connectivity index (χ4v) is 4.04. The molecule has 4 heteroatoms. The van der Waals surface area contributed by atoms with Crippen LogP contribution in [0.1, 0.15) is 149 Å². The van der Waals surface area contributed by atoms with E-state index in [1.807, 2.05) is 0 Å². The number of carbonyl (C=O) groups is 2. The highest BCUT2D eigenvalue weighted by Crippen LogP contribution is 2.17. The first-order chi connectivity index (χ1) is 16.6. The second-order valence-electron chi connectivity index (χ2n) is 9.58. The summed E-state index contributed by atoms with van der Waals surface area (Å²) in [6.07, 6.45) is 30.7. The van der Waals surface area contributed by atoms with E-state index in [4.69, 9.17) is 9.84 Å². The second-order valence-corrected chi connectivity index (χ2v) is 9.58. The minimum Gasteiger partial charge on any atom is -0.481 e. The van der Waals surface area contributed by atoms with Crippen molar-refractivity contribution in [2.24, 2.45) is 0 Å². The second kappa shape index (κ2) is 26.0. The zero-order valence-electron chi connectivity index (χ0n) is 22.4. The summed E-state index contributed by atoms with van der Waals surface area (Å²) in [5.41, 5.74) is 0. The first-order valence-electron chi connectivity index (χ1n) is 14.3. The molecular formula is C30H54O4. The number of hydrogen-bond donors (Lipinski definition) is 1. The summed E-state index contributed by atoms with van der Waals surface area (Å²) in [5.74, 6) is -0.756. The molecule has 198 valence electrons. The standard InChI is InChI=1S/C30H54O4/c1-3-5-7-8-9-10-11-12-13-14-15-17-21-24-28(34-30(33)27-20-6-4-2)25-22-18-16-19-23-26-29(31)32/h11-12,14-15,28H,3-10,13,16-27H2,1-2H3,(H,31,32)/b12-11-,15-14-. The summed E-state index contributed by atoms with van der Waals surface area (Å²) in [4.78, 5) is 22.8. The van der Waals surface area contributed by atoms with Crippen LogP contribution in [0.5, 0.6) is 0 Å². The number of allylic oxidation sites excluding steroid dienone is 4. The Morgan fingerprint density at radius 3 is 1.88 bits per heavy atom. The van der Waals surface area contributed by atoms with Gasteiger partial charge in [-0.2, -0.15) is 0 Å². The fraction of sp³-hybridized carbons (Fsp3) is 0.800. The third-order valence-electron chi connectivity index (χ3n) is 6.18.